The highest BCUT2D eigenvalue weighted by atomic mass is 16.3. The normalized spacial score (nSPS) is 13.7. The third kappa shape index (κ3) is 3.07. The Hall–Kier alpha value is -2.73. The van der Waals surface area contributed by atoms with Gasteiger partial charge in [-0.1, -0.05) is 30.3 Å². The van der Waals surface area contributed by atoms with Gasteiger partial charge in [-0.15, -0.1) is 10.2 Å². The largest absolute Gasteiger partial charge is 0.384 e. The third-order valence-electron chi connectivity index (χ3n) is 3.82. The number of benzene rings is 1. The Labute approximate surface area is 133 Å². The number of nitrogens with one attached hydrogen (secondary N) is 1. The first-order valence-corrected chi connectivity index (χ1v) is 7.35. The Morgan fingerprint density at radius 1 is 1.22 bits per heavy atom. The van der Waals surface area contributed by atoms with Gasteiger partial charge >= 0.3 is 0 Å². The summed E-state index contributed by atoms with van der Waals surface area (Å²) in [6, 6.07) is 12.7. The second kappa shape index (κ2) is 5.81. The fourth-order valence-electron chi connectivity index (χ4n) is 2.39. The van der Waals surface area contributed by atoms with Crippen molar-refractivity contribution < 1.29 is 9.90 Å². The van der Waals surface area contributed by atoms with Crippen LogP contribution in [-0.2, 0) is 5.60 Å². The first-order chi connectivity index (χ1) is 11.0. The SMILES string of the molecule is Cc1nnc2ccc(C(=O)NCC(C)(O)c3ccccc3)cn12. The second-order valence-corrected chi connectivity index (χ2v) is 5.72. The molecule has 0 radical (unpaired) electrons. The molecule has 0 fully saturated rings. The second-order valence-electron chi connectivity index (χ2n) is 5.72. The van der Waals surface area contributed by atoms with Crippen molar-refractivity contribution in [3.63, 3.8) is 0 Å². The zero-order valence-corrected chi connectivity index (χ0v) is 13.0. The monoisotopic (exact) mass is 310 g/mol. The fourth-order valence-corrected chi connectivity index (χ4v) is 2.39. The van der Waals surface area contributed by atoms with Crippen molar-refractivity contribution in [2.24, 2.45) is 0 Å². The molecule has 0 aliphatic rings. The van der Waals surface area contributed by atoms with Crippen molar-refractivity contribution in [3.8, 4) is 0 Å². The molecule has 1 amide bonds. The van der Waals surface area contributed by atoms with Crippen LogP contribution in [0.2, 0.25) is 0 Å². The lowest BCUT2D eigenvalue weighted by Crippen LogP contribution is -2.38. The molecule has 118 valence electrons. The number of aliphatic hydroxyl groups is 1. The van der Waals surface area contributed by atoms with E-state index >= 15 is 0 Å². The molecule has 2 heterocycles. The molecular weight excluding hydrogens is 292 g/mol. The Bertz CT molecular complexity index is 840. The molecule has 3 aromatic rings. The van der Waals surface area contributed by atoms with E-state index in [9.17, 15) is 9.90 Å². The highest BCUT2D eigenvalue weighted by Gasteiger charge is 2.23. The summed E-state index contributed by atoms with van der Waals surface area (Å²) in [5, 5.41) is 21.2. The highest BCUT2D eigenvalue weighted by molar-refractivity contribution is 5.94. The van der Waals surface area contributed by atoms with E-state index in [-0.39, 0.29) is 12.5 Å². The molecule has 23 heavy (non-hydrogen) atoms. The van der Waals surface area contributed by atoms with Gasteiger partial charge in [0, 0.05) is 6.20 Å². The van der Waals surface area contributed by atoms with Gasteiger partial charge in [-0.3, -0.25) is 9.20 Å². The van der Waals surface area contributed by atoms with Gasteiger partial charge in [-0.2, -0.15) is 0 Å². The Balaban J connectivity index is 1.74. The summed E-state index contributed by atoms with van der Waals surface area (Å²) in [5.41, 5.74) is 0.804. The maximum atomic E-state index is 12.3. The first-order valence-electron chi connectivity index (χ1n) is 7.35. The van der Waals surface area contributed by atoms with Crippen molar-refractivity contribution in [2.45, 2.75) is 19.4 Å². The highest BCUT2D eigenvalue weighted by Crippen LogP contribution is 2.19. The summed E-state index contributed by atoms with van der Waals surface area (Å²) in [6.45, 7) is 3.62. The number of hydrogen-bond donors (Lipinski definition) is 2. The minimum absolute atomic E-state index is 0.120. The fraction of sp³-hybridized carbons (Fsp3) is 0.235. The molecule has 0 spiro atoms. The van der Waals surface area contributed by atoms with Crippen LogP contribution in [0.25, 0.3) is 5.65 Å². The summed E-state index contributed by atoms with van der Waals surface area (Å²) in [6.07, 6.45) is 1.69. The average Bonchev–Trinajstić information content (AvgIpc) is 2.94. The van der Waals surface area contributed by atoms with Crippen molar-refractivity contribution in [2.75, 3.05) is 6.54 Å². The van der Waals surface area contributed by atoms with Crippen LogP contribution in [0.5, 0.6) is 0 Å². The van der Waals surface area contributed by atoms with Crippen LogP contribution in [0.4, 0.5) is 0 Å². The van der Waals surface area contributed by atoms with E-state index in [4.69, 9.17) is 0 Å². The van der Waals surface area contributed by atoms with Gasteiger partial charge in [-0.05, 0) is 31.5 Å². The zero-order valence-electron chi connectivity index (χ0n) is 13.0. The van der Waals surface area contributed by atoms with Crippen LogP contribution in [-0.4, -0.2) is 32.2 Å². The smallest absolute Gasteiger partial charge is 0.252 e. The Kier molecular flexibility index (Phi) is 3.83. The molecule has 0 bridgehead atoms. The predicted molar refractivity (Wildman–Crippen MR) is 86.1 cm³/mol. The van der Waals surface area contributed by atoms with E-state index < -0.39 is 5.60 Å². The number of nitrogens with zero attached hydrogens (tertiary/aromatic N) is 3. The van der Waals surface area contributed by atoms with Crippen LogP contribution >= 0.6 is 0 Å². The maximum Gasteiger partial charge on any atom is 0.252 e. The van der Waals surface area contributed by atoms with E-state index in [1.807, 2.05) is 37.3 Å². The number of hydrogen-bond acceptors (Lipinski definition) is 4. The lowest BCUT2D eigenvalue weighted by Gasteiger charge is -2.24. The third-order valence-corrected chi connectivity index (χ3v) is 3.82. The van der Waals surface area contributed by atoms with Gasteiger partial charge in [0.15, 0.2) is 5.65 Å². The summed E-state index contributed by atoms with van der Waals surface area (Å²) in [5.74, 6) is 0.460. The van der Waals surface area contributed by atoms with Gasteiger partial charge in [0.25, 0.3) is 5.91 Å². The molecule has 1 atom stereocenters. The standard InChI is InChI=1S/C17H18N4O2/c1-12-19-20-15-9-8-13(10-21(12)15)16(22)18-11-17(2,23)14-6-4-3-5-7-14/h3-10,23H,11H2,1-2H3,(H,18,22). The van der Waals surface area contributed by atoms with E-state index in [1.54, 1.807) is 29.7 Å². The van der Waals surface area contributed by atoms with Gasteiger partial charge < -0.3 is 10.4 Å². The molecule has 6 nitrogen and oxygen atoms in total. The predicted octanol–water partition coefficient (Wildman–Crippen LogP) is 1.68. The summed E-state index contributed by atoms with van der Waals surface area (Å²) >= 11 is 0. The minimum atomic E-state index is -1.13. The number of aryl methyl sites for hydroxylation is 1. The average molecular weight is 310 g/mol. The van der Waals surface area contributed by atoms with Gasteiger partial charge in [-0.25, -0.2) is 0 Å². The molecule has 0 saturated carbocycles. The summed E-state index contributed by atoms with van der Waals surface area (Å²) < 4.78 is 1.75. The zero-order chi connectivity index (χ0) is 16.4. The van der Waals surface area contributed by atoms with Gasteiger partial charge in [0.1, 0.15) is 11.4 Å². The van der Waals surface area contributed by atoms with Crippen molar-refractivity contribution in [1.82, 2.24) is 19.9 Å². The molecule has 1 aromatic carbocycles. The van der Waals surface area contributed by atoms with Crippen molar-refractivity contribution in [1.29, 1.82) is 0 Å². The molecular formula is C17H18N4O2. The molecule has 2 aromatic heterocycles. The molecule has 6 heteroatoms. The molecule has 1 unspecified atom stereocenters. The number of aromatic nitrogens is 3. The van der Waals surface area contributed by atoms with Crippen molar-refractivity contribution >= 4 is 11.6 Å². The lowest BCUT2D eigenvalue weighted by molar-refractivity contribution is 0.0526. The van der Waals surface area contributed by atoms with E-state index in [0.717, 1.165) is 5.56 Å². The number of amides is 1. The quantitative estimate of drug-likeness (QED) is 0.768. The summed E-state index contributed by atoms with van der Waals surface area (Å²) in [4.78, 5) is 12.3. The summed E-state index contributed by atoms with van der Waals surface area (Å²) in [7, 11) is 0. The van der Waals surface area contributed by atoms with Crippen LogP contribution < -0.4 is 5.32 Å². The van der Waals surface area contributed by atoms with Crippen LogP contribution in [0.15, 0.2) is 48.7 Å². The maximum absolute atomic E-state index is 12.3. The Morgan fingerprint density at radius 2 is 1.96 bits per heavy atom. The van der Waals surface area contributed by atoms with E-state index in [1.165, 1.54) is 0 Å². The first kappa shape index (κ1) is 15.2. The van der Waals surface area contributed by atoms with E-state index in [2.05, 4.69) is 15.5 Å². The lowest BCUT2D eigenvalue weighted by atomic mass is 9.96. The van der Waals surface area contributed by atoms with Crippen LogP contribution in [0, 0.1) is 6.92 Å². The number of carbonyl (C=O) groups is 1. The van der Waals surface area contributed by atoms with E-state index in [0.29, 0.717) is 17.0 Å². The molecule has 3 rings (SSSR count). The topological polar surface area (TPSA) is 79.5 Å². The van der Waals surface area contributed by atoms with Crippen LogP contribution in [0.3, 0.4) is 0 Å². The molecule has 0 aliphatic carbocycles. The van der Waals surface area contributed by atoms with Crippen LogP contribution in [0.1, 0.15) is 28.7 Å². The van der Waals surface area contributed by atoms with Gasteiger partial charge in [0.05, 0.1) is 12.1 Å². The molecule has 0 aliphatic heterocycles. The number of rotatable bonds is 4. The number of carbonyl (C=O) groups excluding carboxylic acids is 1. The minimum Gasteiger partial charge on any atom is -0.384 e. The molecule has 2 N–H and O–H groups in total. The Morgan fingerprint density at radius 3 is 2.70 bits per heavy atom. The van der Waals surface area contributed by atoms with Crippen molar-refractivity contribution in [3.05, 3.63) is 65.6 Å². The molecule has 0 saturated heterocycles. The number of fused-ring (bicyclic) bond motifs is 1. The number of pyridine rings is 1. The van der Waals surface area contributed by atoms with Gasteiger partial charge in [0.2, 0.25) is 0 Å².